The lowest BCUT2D eigenvalue weighted by Crippen LogP contribution is -2.57. The average molecular weight is 274 g/mol. The quantitative estimate of drug-likeness (QED) is 0.747. The van der Waals surface area contributed by atoms with Gasteiger partial charge in [0, 0.05) is 13.8 Å². The zero-order valence-corrected chi connectivity index (χ0v) is 11.2. The van der Waals surface area contributed by atoms with E-state index in [4.69, 9.17) is 0 Å². The Morgan fingerprint density at radius 3 is 2.15 bits per heavy atom. The molecule has 4 amide bonds. The Morgan fingerprint density at radius 1 is 1.05 bits per heavy atom. The molecule has 1 aromatic rings. The van der Waals surface area contributed by atoms with Gasteiger partial charge < -0.3 is 0 Å². The van der Waals surface area contributed by atoms with Crippen molar-refractivity contribution in [3.8, 4) is 0 Å². The number of hydrogen-bond donors (Lipinski definition) is 0. The third kappa shape index (κ3) is 2.32. The Morgan fingerprint density at radius 2 is 1.65 bits per heavy atom. The third-order valence-corrected chi connectivity index (χ3v) is 3.15. The van der Waals surface area contributed by atoms with Crippen LogP contribution < -0.4 is 0 Å². The Bertz CT molecular complexity index is 582. The second kappa shape index (κ2) is 5.24. The first kappa shape index (κ1) is 13.9. The summed E-state index contributed by atoms with van der Waals surface area (Å²) in [6, 6.07) is 7.40. The van der Waals surface area contributed by atoms with E-state index >= 15 is 0 Å². The van der Waals surface area contributed by atoms with Gasteiger partial charge in [0.15, 0.2) is 0 Å². The summed E-state index contributed by atoms with van der Waals surface area (Å²) in [5, 5.41) is 0. The number of hydrogen-bond acceptors (Lipinski definition) is 4. The first-order chi connectivity index (χ1) is 9.43. The van der Waals surface area contributed by atoms with Gasteiger partial charge in [0.05, 0.1) is 0 Å². The minimum absolute atomic E-state index is 0.392. The van der Waals surface area contributed by atoms with Crippen molar-refractivity contribution in [1.29, 1.82) is 0 Å². The average Bonchev–Trinajstić information content (AvgIpc) is 2.40. The number of piperazine rings is 1. The maximum Gasteiger partial charge on any atom is 0.257 e. The number of nitrogens with zero attached hydrogens (tertiary/aromatic N) is 2. The standard InChI is InChI=1S/C14H14N2O4/c1-9(17)15-8-12(19)16(10(2)18)13(14(15)20)11-6-4-3-5-7-11/h3-7,13H,8H2,1-2H3. The second-order valence-electron chi connectivity index (χ2n) is 4.54. The summed E-state index contributed by atoms with van der Waals surface area (Å²) in [4.78, 5) is 49.3. The monoisotopic (exact) mass is 274 g/mol. The van der Waals surface area contributed by atoms with E-state index in [1.165, 1.54) is 13.8 Å². The van der Waals surface area contributed by atoms with Crippen LogP contribution in [0.4, 0.5) is 0 Å². The molecule has 1 unspecified atom stereocenters. The smallest absolute Gasteiger partial charge is 0.257 e. The Hall–Kier alpha value is -2.50. The van der Waals surface area contributed by atoms with E-state index < -0.39 is 36.2 Å². The van der Waals surface area contributed by atoms with Crippen LogP contribution in [0.15, 0.2) is 30.3 Å². The predicted molar refractivity (Wildman–Crippen MR) is 69.1 cm³/mol. The molecule has 1 heterocycles. The van der Waals surface area contributed by atoms with E-state index in [1.54, 1.807) is 30.3 Å². The van der Waals surface area contributed by atoms with Crippen molar-refractivity contribution in [3.63, 3.8) is 0 Å². The summed E-state index contributed by atoms with van der Waals surface area (Å²) in [6.45, 7) is 2.05. The van der Waals surface area contributed by atoms with Gasteiger partial charge in [0.1, 0.15) is 12.6 Å². The van der Waals surface area contributed by atoms with Crippen molar-refractivity contribution in [2.45, 2.75) is 19.9 Å². The molecule has 1 aliphatic rings. The molecule has 2 rings (SSSR count). The number of benzene rings is 1. The van der Waals surface area contributed by atoms with Gasteiger partial charge in [-0.2, -0.15) is 0 Å². The van der Waals surface area contributed by atoms with E-state index in [1.807, 2.05) is 0 Å². The van der Waals surface area contributed by atoms with Gasteiger partial charge in [-0.05, 0) is 5.56 Å². The predicted octanol–water partition coefficient (Wildman–Crippen LogP) is 0.491. The van der Waals surface area contributed by atoms with Gasteiger partial charge in [0.2, 0.25) is 17.7 Å². The van der Waals surface area contributed by atoms with Gasteiger partial charge in [-0.25, -0.2) is 0 Å². The highest BCUT2D eigenvalue weighted by Gasteiger charge is 2.43. The number of imide groups is 2. The SMILES string of the molecule is CC(=O)N1CC(=O)N(C(C)=O)C(c2ccccc2)C1=O. The van der Waals surface area contributed by atoms with Crippen molar-refractivity contribution in [2.75, 3.05) is 6.54 Å². The number of amides is 4. The van der Waals surface area contributed by atoms with Crippen LogP contribution in [0.25, 0.3) is 0 Å². The highest BCUT2D eigenvalue weighted by Crippen LogP contribution is 2.27. The van der Waals surface area contributed by atoms with Gasteiger partial charge in [-0.3, -0.25) is 29.0 Å². The molecule has 104 valence electrons. The van der Waals surface area contributed by atoms with Gasteiger partial charge in [0.25, 0.3) is 5.91 Å². The Kier molecular flexibility index (Phi) is 3.65. The number of carbonyl (C=O) groups is 4. The van der Waals surface area contributed by atoms with Gasteiger partial charge >= 0.3 is 0 Å². The zero-order valence-electron chi connectivity index (χ0n) is 11.2. The van der Waals surface area contributed by atoms with Gasteiger partial charge in [-0.15, -0.1) is 0 Å². The Balaban J connectivity index is 2.50. The second-order valence-corrected chi connectivity index (χ2v) is 4.54. The number of carbonyl (C=O) groups excluding carboxylic acids is 4. The van der Waals surface area contributed by atoms with Crippen LogP contribution in [0, 0.1) is 0 Å². The molecule has 0 spiro atoms. The first-order valence-corrected chi connectivity index (χ1v) is 6.13. The topological polar surface area (TPSA) is 74.8 Å². The molecule has 1 aromatic carbocycles. The fraction of sp³-hybridized carbons (Fsp3) is 0.286. The molecule has 1 atom stereocenters. The normalized spacial score (nSPS) is 19.2. The molecule has 1 fully saturated rings. The van der Waals surface area contributed by atoms with Crippen molar-refractivity contribution in [1.82, 2.24) is 9.80 Å². The molecule has 20 heavy (non-hydrogen) atoms. The minimum Gasteiger partial charge on any atom is -0.275 e. The highest BCUT2D eigenvalue weighted by molar-refractivity contribution is 6.10. The Labute approximate surface area is 116 Å². The summed E-state index contributed by atoms with van der Waals surface area (Å²) in [5.74, 6) is -2.13. The van der Waals surface area contributed by atoms with E-state index in [0.717, 1.165) is 9.80 Å². The van der Waals surface area contributed by atoms with Crippen LogP contribution in [0.3, 0.4) is 0 Å². The largest absolute Gasteiger partial charge is 0.275 e. The van der Waals surface area contributed by atoms with Crippen LogP contribution in [0.2, 0.25) is 0 Å². The lowest BCUT2D eigenvalue weighted by molar-refractivity contribution is -0.166. The zero-order chi connectivity index (χ0) is 14.9. The van der Waals surface area contributed by atoms with E-state index in [-0.39, 0.29) is 0 Å². The number of rotatable bonds is 1. The molecule has 0 bridgehead atoms. The van der Waals surface area contributed by atoms with Crippen molar-refractivity contribution >= 4 is 23.6 Å². The molecule has 1 saturated heterocycles. The summed E-state index contributed by atoms with van der Waals surface area (Å²) in [6.07, 6.45) is 0. The van der Waals surface area contributed by atoms with Crippen molar-refractivity contribution in [2.24, 2.45) is 0 Å². The molecule has 6 nitrogen and oxygen atoms in total. The molecular weight excluding hydrogens is 260 g/mol. The lowest BCUT2D eigenvalue weighted by atomic mass is 10.0. The molecule has 0 aliphatic carbocycles. The molecule has 0 N–H and O–H groups in total. The lowest BCUT2D eigenvalue weighted by Gasteiger charge is -2.37. The van der Waals surface area contributed by atoms with Crippen LogP contribution in [0.1, 0.15) is 25.5 Å². The van der Waals surface area contributed by atoms with Crippen LogP contribution in [-0.4, -0.2) is 40.0 Å². The van der Waals surface area contributed by atoms with Gasteiger partial charge in [-0.1, -0.05) is 30.3 Å². The van der Waals surface area contributed by atoms with E-state index in [0.29, 0.717) is 5.56 Å². The maximum absolute atomic E-state index is 12.4. The molecule has 1 aliphatic heterocycles. The van der Waals surface area contributed by atoms with Crippen LogP contribution >= 0.6 is 0 Å². The first-order valence-electron chi connectivity index (χ1n) is 6.13. The summed E-state index contributed by atoms with van der Waals surface area (Å²) in [7, 11) is 0. The summed E-state index contributed by atoms with van der Waals surface area (Å²) < 4.78 is 0. The molecule has 0 radical (unpaired) electrons. The highest BCUT2D eigenvalue weighted by atomic mass is 16.2. The van der Waals surface area contributed by atoms with Crippen LogP contribution in [0.5, 0.6) is 0 Å². The molecule has 0 saturated carbocycles. The summed E-state index contributed by atoms with van der Waals surface area (Å²) in [5.41, 5.74) is 0.506. The van der Waals surface area contributed by atoms with E-state index in [2.05, 4.69) is 0 Å². The fourth-order valence-electron chi connectivity index (χ4n) is 2.24. The molecule has 0 aromatic heterocycles. The van der Waals surface area contributed by atoms with Crippen LogP contribution in [-0.2, 0) is 19.2 Å². The molecule has 6 heteroatoms. The molecular formula is C14H14N2O4. The fourth-order valence-corrected chi connectivity index (χ4v) is 2.24. The van der Waals surface area contributed by atoms with E-state index in [9.17, 15) is 19.2 Å². The summed E-state index contributed by atoms with van der Waals surface area (Å²) >= 11 is 0. The van der Waals surface area contributed by atoms with Crippen molar-refractivity contribution in [3.05, 3.63) is 35.9 Å². The third-order valence-electron chi connectivity index (χ3n) is 3.15. The maximum atomic E-state index is 12.4. The minimum atomic E-state index is -1.07. The van der Waals surface area contributed by atoms with Crippen molar-refractivity contribution < 1.29 is 19.2 Å².